The predicted octanol–water partition coefficient (Wildman–Crippen LogP) is 3.33. The molecule has 0 aliphatic rings. The van der Waals surface area contributed by atoms with E-state index in [1.165, 1.54) is 18.4 Å². The Balaban J connectivity index is 3.25. The van der Waals surface area contributed by atoms with Gasteiger partial charge in [-0.25, -0.2) is 0 Å². The average Bonchev–Trinajstić information content (AvgIpc) is 1.85. The first-order valence-electron chi connectivity index (χ1n) is 3.38. The van der Waals surface area contributed by atoms with Crippen LogP contribution in [-0.2, 0) is 0 Å². The van der Waals surface area contributed by atoms with E-state index in [4.69, 9.17) is 0 Å². The maximum absolute atomic E-state index is 3.90. The molecule has 0 atom stereocenters. The fraction of sp³-hybridized carbons (Fsp3) is 0.625. The summed E-state index contributed by atoms with van der Waals surface area (Å²) in [7, 11) is 0. The molecule has 0 saturated heterocycles. The highest BCUT2D eigenvalue weighted by Crippen LogP contribution is 2.05. The SMILES string of the molecule is [CH2]/C(=C/CBr)CCCC. The maximum atomic E-state index is 3.90. The normalized spacial score (nSPS) is 12.1. The number of alkyl halides is 1. The Labute approximate surface area is 66.5 Å². The van der Waals surface area contributed by atoms with Crippen molar-refractivity contribution in [1.82, 2.24) is 0 Å². The zero-order chi connectivity index (χ0) is 7.11. The molecule has 0 nitrogen and oxygen atoms in total. The number of hydrogen-bond acceptors (Lipinski definition) is 0. The van der Waals surface area contributed by atoms with Crippen LogP contribution in [0.1, 0.15) is 26.2 Å². The molecule has 0 N–H and O–H groups in total. The molecule has 0 unspecified atom stereocenters. The maximum Gasteiger partial charge on any atom is 0.0214 e. The summed E-state index contributed by atoms with van der Waals surface area (Å²) in [6, 6.07) is 0. The lowest BCUT2D eigenvalue weighted by atomic mass is 10.1. The van der Waals surface area contributed by atoms with E-state index in [-0.39, 0.29) is 0 Å². The van der Waals surface area contributed by atoms with Gasteiger partial charge in [0.05, 0.1) is 0 Å². The van der Waals surface area contributed by atoms with Crippen LogP contribution >= 0.6 is 15.9 Å². The predicted molar refractivity (Wildman–Crippen MR) is 46.8 cm³/mol. The molecule has 0 spiro atoms. The molecule has 1 heteroatoms. The van der Waals surface area contributed by atoms with Crippen molar-refractivity contribution in [3.63, 3.8) is 0 Å². The largest absolute Gasteiger partial charge is 0.0883 e. The number of halogens is 1. The quantitative estimate of drug-likeness (QED) is 0.596. The van der Waals surface area contributed by atoms with Crippen molar-refractivity contribution in [3.8, 4) is 0 Å². The summed E-state index contributed by atoms with van der Waals surface area (Å²) in [5.41, 5.74) is 1.26. The molecule has 0 heterocycles. The van der Waals surface area contributed by atoms with E-state index in [0.29, 0.717) is 0 Å². The molecule has 9 heavy (non-hydrogen) atoms. The van der Waals surface area contributed by atoms with Gasteiger partial charge in [0.2, 0.25) is 0 Å². The Bertz CT molecular complexity index is 84.6. The van der Waals surface area contributed by atoms with Crippen LogP contribution in [-0.4, -0.2) is 5.33 Å². The van der Waals surface area contributed by atoms with E-state index in [1.807, 2.05) is 0 Å². The topological polar surface area (TPSA) is 0 Å². The molecule has 0 aliphatic carbocycles. The zero-order valence-corrected chi connectivity index (χ0v) is 7.58. The molecule has 0 aromatic rings. The van der Waals surface area contributed by atoms with Gasteiger partial charge in [-0.05, 0) is 19.8 Å². The van der Waals surface area contributed by atoms with Crippen LogP contribution in [0, 0.1) is 6.92 Å². The van der Waals surface area contributed by atoms with Gasteiger partial charge in [0, 0.05) is 5.33 Å². The van der Waals surface area contributed by atoms with Crippen molar-refractivity contribution >= 4 is 15.9 Å². The van der Waals surface area contributed by atoms with E-state index in [2.05, 4.69) is 35.9 Å². The van der Waals surface area contributed by atoms with E-state index >= 15 is 0 Å². The van der Waals surface area contributed by atoms with Crippen molar-refractivity contribution in [2.75, 3.05) is 5.33 Å². The van der Waals surface area contributed by atoms with Crippen molar-refractivity contribution in [1.29, 1.82) is 0 Å². The van der Waals surface area contributed by atoms with E-state index in [0.717, 1.165) is 11.8 Å². The van der Waals surface area contributed by atoms with Gasteiger partial charge in [-0.15, -0.1) is 0 Å². The Kier molecular flexibility index (Phi) is 6.50. The molecule has 0 aromatic heterocycles. The lowest BCUT2D eigenvalue weighted by Gasteiger charge is -1.95. The van der Waals surface area contributed by atoms with Gasteiger partial charge < -0.3 is 0 Å². The van der Waals surface area contributed by atoms with Gasteiger partial charge in [-0.2, -0.15) is 0 Å². The van der Waals surface area contributed by atoms with Crippen molar-refractivity contribution in [3.05, 3.63) is 18.6 Å². The Morgan fingerprint density at radius 1 is 1.67 bits per heavy atom. The van der Waals surface area contributed by atoms with Gasteiger partial charge in [0.15, 0.2) is 0 Å². The van der Waals surface area contributed by atoms with Crippen molar-refractivity contribution in [2.24, 2.45) is 0 Å². The summed E-state index contributed by atoms with van der Waals surface area (Å²) in [5.74, 6) is 0. The minimum atomic E-state index is 0.940. The Morgan fingerprint density at radius 3 is 2.78 bits per heavy atom. The second-order valence-electron chi connectivity index (χ2n) is 2.12. The molecule has 0 bridgehead atoms. The molecule has 0 aromatic carbocycles. The highest BCUT2D eigenvalue weighted by atomic mass is 79.9. The smallest absolute Gasteiger partial charge is 0.0214 e. The van der Waals surface area contributed by atoms with E-state index in [9.17, 15) is 0 Å². The first-order valence-corrected chi connectivity index (χ1v) is 4.50. The molecular formula is C8H14Br. The van der Waals surface area contributed by atoms with Crippen LogP contribution in [0.5, 0.6) is 0 Å². The summed E-state index contributed by atoms with van der Waals surface area (Å²) >= 11 is 3.33. The highest BCUT2D eigenvalue weighted by molar-refractivity contribution is 9.09. The first-order chi connectivity index (χ1) is 4.31. The number of unbranched alkanes of at least 4 members (excludes halogenated alkanes) is 1. The second kappa shape index (κ2) is 6.34. The minimum absolute atomic E-state index is 0.940. The van der Waals surface area contributed by atoms with Crippen LogP contribution < -0.4 is 0 Å². The molecule has 0 fully saturated rings. The van der Waals surface area contributed by atoms with Crippen LogP contribution in [0.15, 0.2) is 11.6 Å². The van der Waals surface area contributed by atoms with Crippen LogP contribution in [0.4, 0.5) is 0 Å². The first kappa shape index (κ1) is 9.22. The summed E-state index contributed by atoms with van der Waals surface area (Å²) in [5, 5.41) is 0.940. The number of allylic oxidation sites excluding steroid dienone is 2. The molecule has 0 amide bonds. The molecule has 0 saturated carbocycles. The standard InChI is InChI=1S/C8H14Br/c1-3-4-5-8(2)6-7-9/h6H,2-5,7H2,1H3/b8-6-. The lowest BCUT2D eigenvalue weighted by molar-refractivity contribution is 0.797. The minimum Gasteiger partial charge on any atom is -0.0883 e. The van der Waals surface area contributed by atoms with Crippen LogP contribution in [0.2, 0.25) is 0 Å². The van der Waals surface area contributed by atoms with Gasteiger partial charge >= 0.3 is 0 Å². The molecule has 0 aliphatic heterocycles. The summed E-state index contributed by atoms with van der Waals surface area (Å²) < 4.78 is 0. The fourth-order valence-electron chi connectivity index (χ4n) is 0.615. The summed E-state index contributed by atoms with van der Waals surface area (Å²) in [6.07, 6.45) is 5.80. The number of hydrogen-bond donors (Lipinski definition) is 0. The van der Waals surface area contributed by atoms with E-state index in [1.54, 1.807) is 0 Å². The second-order valence-corrected chi connectivity index (χ2v) is 2.77. The highest BCUT2D eigenvalue weighted by Gasteiger charge is 1.86. The van der Waals surface area contributed by atoms with Gasteiger partial charge in [-0.3, -0.25) is 0 Å². The molecular weight excluding hydrogens is 176 g/mol. The van der Waals surface area contributed by atoms with E-state index < -0.39 is 0 Å². The van der Waals surface area contributed by atoms with Crippen LogP contribution in [0.3, 0.4) is 0 Å². The third kappa shape index (κ3) is 6.10. The Hall–Kier alpha value is 0.220. The molecule has 0 rings (SSSR count). The van der Waals surface area contributed by atoms with Gasteiger partial charge in [0.25, 0.3) is 0 Å². The van der Waals surface area contributed by atoms with Crippen molar-refractivity contribution in [2.45, 2.75) is 26.2 Å². The monoisotopic (exact) mass is 189 g/mol. The molecule has 1 radical (unpaired) electrons. The van der Waals surface area contributed by atoms with Crippen LogP contribution in [0.25, 0.3) is 0 Å². The number of rotatable bonds is 4. The summed E-state index contributed by atoms with van der Waals surface area (Å²) in [6.45, 7) is 6.09. The lowest BCUT2D eigenvalue weighted by Crippen LogP contribution is -1.77. The average molecular weight is 190 g/mol. The Morgan fingerprint density at radius 2 is 2.33 bits per heavy atom. The van der Waals surface area contributed by atoms with Gasteiger partial charge in [-0.1, -0.05) is 40.9 Å². The third-order valence-corrected chi connectivity index (χ3v) is 1.54. The third-order valence-electron chi connectivity index (χ3n) is 1.22. The van der Waals surface area contributed by atoms with Gasteiger partial charge in [0.1, 0.15) is 0 Å². The summed E-state index contributed by atoms with van der Waals surface area (Å²) in [4.78, 5) is 0. The zero-order valence-electron chi connectivity index (χ0n) is 5.99. The van der Waals surface area contributed by atoms with Crippen molar-refractivity contribution < 1.29 is 0 Å². The molecule has 53 valence electrons. The fourth-order valence-corrected chi connectivity index (χ4v) is 1.07.